The Morgan fingerprint density at radius 1 is 1.33 bits per heavy atom. The van der Waals surface area contributed by atoms with Crippen LogP contribution in [0.4, 0.5) is 0 Å². The third-order valence-electron chi connectivity index (χ3n) is 1.58. The summed E-state index contributed by atoms with van der Waals surface area (Å²) < 4.78 is 0. The van der Waals surface area contributed by atoms with Gasteiger partial charge in [0, 0.05) is 25.6 Å². The van der Waals surface area contributed by atoms with E-state index in [-0.39, 0.29) is 0 Å². The van der Waals surface area contributed by atoms with Crippen LogP contribution in [0.25, 0.3) is 0 Å². The van der Waals surface area contributed by atoms with E-state index in [1.54, 1.807) is 0 Å². The highest BCUT2D eigenvalue weighted by atomic mass is 31.2. The van der Waals surface area contributed by atoms with Gasteiger partial charge in [0.2, 0.25) is 0 Å². The third-order valence-corrected chi connectivity index (χ3v) is 3.83. The van der Waals surface area contributed by atoms with Gasteiger partial charge in [-0.15, -0.1) is 0 Å². The summed E-state index contributed by atoms with van der Waals surface area (Å²) in [7, 11) is 5.17. The van der Waals surface area contributed by atoms with Gasteiger partial charge in [-0.3, -0.25) is 0 Å². The number of rotatable bonds is 3. The van der Waals surface area contributed by atoms with Crippen molar-refractivity contribution in [2.75, 3.05) is 20.0 Å². The van der Waals surface area contributed by atoms with Crippen molar-refractivity contribution in [2.24, 2.45) is 0 Å². The van der Waals surface area contributed by atoms with Crippen molar-refractivity contribution in [1.82, 2.24) is 0 Å². The van der Waals surface area contributed by atoms with Gasteiger partial charge in [-0.1, -0.05) is 13.3 Å². The van der Waals surface area contributed by atoms with Gasteiger partial charge in [-0.05, 0) is 13.7 Å². The second-order valence-corrected chi connectivity index (χ2v) is 8.37. The first-order valence-corrected chi connectivity index (χ1v) is 6.75. The smallest absolute Gasteiger partial charge is 0.0653 e. The minimum atomic E-state index is -0.746. The minimum Gasteiger partial charge on any atom is -0.0653 e. The first-order chi connectivity index (χ1) is 3.98. The molecule has 0 bridgehead atoms. The Kier molecular flexibility index (Phi) is 3.81. The molecule has 0 spiro atoms. The summed E-state index contributed by atoms with van der Waals surface area (Å²) >= 11 is 0. The normalized spacial score (nSPS) is 15.6. The Morgan fingerprint density at radius 3 is 1.89 bits per heavy atom. The lowest BCUT2D eigenvalue weighted by Gasteiger charge is -2.20. The quantitative estimate of drug-likeness (QED) is 0.419. The van der Waals surface area contributed by atoms with Crippen LogP contribution in [0.15, 0.2) is 0 Å². The molecule has 0 aliphatic carbocycles. The molecule has 0 heterocycles. The summed E-state index contributed by atoms with van der Waals surface area (Å²) in [4.78, 5) is 0. The Balaban J connectivity index is 3.59. The van der Waals surface area contributed by atoms with Crippen molar-refractivity contribution in [3.05, 3.63) is 0 Å². The van der Waals surface area contributed by atoms with Crippen molar-refractivity contribution >= 4 is 15.1 Å². The first kappa shape index (κ1) is 9.49. The van der Waals surface area contributed by atoms with Gasteiger partial charge in [-0.2, -0.15) is 0 Å². The molecule has 0 amide bonds. The van der Waals surface area contributed by atoms with E-state index in [0.717, 1.165) is 0 Å². The maximum absolute atomic E-state index is 5.91. The highest BCUT2D eigenvalue weighted by Crippen LogP contribution is 2.51. The fraction of sp³-hybridized carbons (Fsp3) is 1.00. The average Bonchev–Trinajstić information content (AvgIpc) is 1.64. The Bertz CT molecular complexity index is 75.5. The van der Waals surface area contributed by atoms with E-state index in [2.05, 4.69) is 26.9 Å². The van der Waals surface area contributed by atoms with E-state index in [1.165, 1.54) is 12.8 Å². The van der Waals surface area contributed by atoms with E-state index < -0.39 is 7.26 Å². The second kappa shape index (κ2) is 3.61. The van der Waals surface area contributed by atoms with E-state index in [9.17, 15) is 0 Å². The maximum Gasteiger partial charge on any atom is 0.126 e. The van der Waals surface area contributed by atoms with Crippen LogP contribution < -0.4 is 0 Å². The van der Waals surface area contributed by atoms with E-state index in [0.29, 0.717) is 5.56 Å². The molecule has 0 fully saturated rings. The zero-order valence-electron chi connectivity index (χ0n) is 7.02. The largest absolute Gasteiger partial charge is 0.126 e. The molecule has 0 N–H and O–H groups in total. The predicted octanol–water partition coefficient (Wildman–Crippen LogP) is 2.19. The van der Waals surface area contributed by atoms with E-state index in [1.807, 2.05) is 0 Å². The molecular weight excluding hydrogens is 126 g/mol. The lowest BCUT2D eigenvalue weighted by molar-refractivity contribution is 0.855. The number of hydrogen-bond donors (Lipinski definition) is 0. The van der Waals surface area contributed by atoms with Crippen molar-refractivity contribution in [2.45, 2.75) is 25.3 Å². The highest BCUT2D eigenvalue weighted by Gasteiger charge is 2.24. The second-order valence-electron chi connectivity index (χ2n) is 3.47. The van der Waals surface area contributed by atoms with Crippen molar-refractivity contribution in [3.8, 4) is 0 Å². The Morgan fingerprint density at radius 2 is 1.78 bits per heavy atom. The summed E-state index contributed by atoms with van der Waals surface area (Å²) in [6, 6.07) is 0. The molecule has 0 aliphatic rings. The molecule has 1 unspecified atom stereocenters. The minimum absolute atomic E-state index is 0.475. The molecule has 0 saturated heterocycles. The average molecular weight is 143 g/mol. The number of hydrogen-bond acceptors (Lipinski definition) is 0. The molecule has 2 heteroatoms. The molecule has 0 aromatic carbocycles. The van der Waals surface area contributed by atoms with Crippen LogP contribution in [-0.4, -0.2) is 33.4 Å². The van der Waals surface area contributed by atoms with Crippen LogP contribution in [-0.2, 0) is 0 Å². The molecule has 9 heavy (non-hydrogen) atoms. The SMILES string of the molecule is [B]C(CCC)[P+](C)(C)C. The van der Waals surface area contributed by atoms with Crippen molar-refractivity contribution in [3.63, 3.8) is 0 Å². The summed E-state index contributed by atoms with van der Waals surface area (Å²) in [6.07, 6.45) is 2.41. The molecule has 0 saturated carbocycles. The summed E-state index contributed by atoms with van der Waals surface area (Å²) in [6.45, 7) is 9.09. The van der Waals surface area contributed by atoms with Gasteiger partial charge < -0.3 is 0 Å². The summed E-state index contributed by atoms with van der Waals surface area (Å²) in [5.74, 6) is 0. The monoisotopic (exact) mass is 143 g/mol. The van der Waals surface area contributed by atoms with Crippen molar-refractivity contribution < 1.29 is 0 Å². The molecule has 0 nitrogen and oxygen atoms in total. The molecule has 0 aliphatic heterocycles. The lowest BCUT2D eigenvalue weighted by Crippen LogP contribution is -2.10. The molecule has 0 aromatic heterocycles. The fourth-order valence-corrected chi connectivity index (χ4v) is 1.72. The highest BCUT2D eigenvalue weighted by molar-refractivity contribution is 7.75. The van der Waals surface area contributed by atoms with Gasteiger partial charge in [0.1, 0.15) is 7.85 Å². The van der Waals surface area contributed by atoms with Gasteiger partial charge in [0.05, 0.1) is 0 Å². The first-order valence-electron chi connectivity index (χ1n) is 3.55. The molecule has 0 rings (SSSR count). The van der Waals surface area contributed by atoms with Crippen LogP contribution in [0.1, 0.15) is 19.8 Å². The topological polar surface area (TPSA) is 0 Å². The van der Waals surface area contributed by atoms with Crippen LogP contribution in [0.5, 0.6) is 0 Å². The molecule has 0 aromatic rings. The lowest BCUT2D eigenvalue weighted by atomic mass is 10.00. The molecular formula is C7H17BP+. The maximum atomic E-state index is 5.91. The van der Waals surface area contributed by atoms with Gasteiger partial charge in [0.15, 0.2) is 0 Å². The van der Waals surface area contributed by atoms with Gasteiger partial charge >= 0.3 is 0 Å². The Labute approximate surface area is 61.2 Å². The molecule has 2 radical (unpaired) electrons. The van der Waals surface area contributed by atoms with E-state index >= 15 is 0 Å². The van der Waals surface area contributed by atoms with Gasteiger partial charge in [-0.25, -0.2) is 0 Å². The summed E-state index contributed by atoms with van der Waals surface area (Å²) in [5.41, 5.74) is 0.475. The van der Waals surface area contributed by atoms with Gasteiger partial charge in [0.25, 0.3) is 0 Å². The van der Waals surface area contributed by atoms with Crippen molar-refractivity contribution in [1.29, 1.82) is 0 Å². The van der Waals surface area contributed by atoms with Crippen LogP contribution >= 0.6 is 7.26 Å². The van der Waals surface area contributed by atoms with E-state index in [4.69, 9.17) is 7.85 Å². The molecule has 1 atom stereocenters. The van der Waals surface area contributed by atoms with Crippen LogP contribution in [0.2, 0.25) is 0 Å². The zero-order chi connectivity index (χ0) is 7.49. The summed E-state index contributed by atoms with van der Waals surface area (Å²) in [5, 5.41) is 0. The van der Waals surface area contributed by atoms with Crippen LogP contribution in [0, 0.1) is 0 Å². The third kappa shape index (κ3) is 3.97. The van der Waals surface area contributed by atoms with Crippen LogP contribution in [0.3, 0.4) is 0 Å². The standard InChI is InChI=1S/C7H17BP/c1-5-6-7(8)9(2,3)4/h7H,5-6H2,1-4H3/q+1. The Hall–Kier alpha value is 0.495. The fourth-order valence-electron chi connectivity index (χ4n) is 0.683. The predicted molar refractivity (Wildman–Crippen MR) is 49.1 cm³/mol. The molecule has 52 valence electrons. The zero-order valence-corrected chi connectivity index (χ0v) is 7.91.